The van der Waals surface area contributed by atoms with Crippen LogP contribution in [0, 0.1) is 11.8 Å². The molecule has 1 aliphatic heterocycles. The average molecular weight is 602 g/mol. The molecule has 2 aromatic rings. The molecule has 1 fully saturated rings. The second-order valence-corrected chi connectivity index (χ2v) is 9.46. The number of hydrogen-bond donors (Lipinski definition) is 6. The number of nitrogen functional groups attached to an aromatic ring is 1. The van der Waals surface area contributed by atoms with Crippen molar-refractivity contribution in [2.45, 2.75) is 37.8 Å². The molecule has 15 heteroatoms. The van der Waals surface area contributed by atoms with Gasteiger partial charge in [-0.3, -0.25) is 14.2 Å². The Labute approximate surface area is 249 Å². The molecule has 234 valence electrons. The van der Waals surface area contributed by atoms with Crippen molar-refractivity contribution in [2.24, 2.45) is 11.5 Å². The maximum atomic E-state index is 12.3. The Morgan fingerprint density at radius 3 is 2.88 bits per heavy atom. The second-order valence-electron chi connectivity index (χ2n) is 9.46. The molecule has 0 radical (unpaired) electrons. The summed E-state index contributed by atoms with van der Waals surface area (Å²) >= 11 is 0. The summed E-state index contributed by atoms with van der Waals surface area (Å²) in [5, 5.41) is 14.4. The number of carbonyl (C=O) groups excluding carboxylic acids is 2. The highest BCUT2D eigenvalue weighted by Crippen LogP contribution is 2.29. The van der Waals surface area contributed by atoms with Gasteiger partial charge in [0.05, 0.1) is 31.4 Å². The first-order valence-corrected chi connectivity index (χ1v) is 13.9. The molecule has 1 aliphatic rings. The fraction of sp³-hybridized carbons (Fsp3) is 0.500. The zero-order valence-electron chi connectivity index (χ0n) is 23.8. The van der Waals surface area contributed by atoms with Crippen LogP contribution in [-0.2, 0) is 19.0 Å². The van der Waals surface area contributed by atoms with Crippen molar-refractivity contribution < 1.29 is 33.6 Å². The number of nitrogens with two attached hydrogens (primary N) is 3. The Morgan fingerprint density at radius 1 is 1.26 bits per heavy atom. The maximum Gasteiger partial charge on any atom is 0.351 e. The first kappa shape index (κ1) is 33.5. The van der Waals surface area contributed by atoms with Crippen LogP contribution in [0.3, 0.4) is 0 Å². The van der Waals surface area contributed by atoms with Gasteiger partial charge in [-0.2, -0.15) is 4.98 Å². The van der Waals surface area contributed by atoms with E-state index in [1.54, 1.807) is 24.3 Å². The van der Waals surface area contributed by atoms with E-state index in [4.69, 9.17) is 41.3 Å². The van der Waals surface area contributed by atoms with E-state index in [1.165, 1.54) is 10.8 Å². The van der Waals surface area contributed by atoms with E-state index < -0.39 is 18.1 Å². The van der Waals surface area contributed by atoms with Crippen LogP contribution < -0.4 is 38.3 Å². The molecule has 1 unspecified atom stereocenters. The van der Waals surface area contributed by atoms with Crippen LogP contribution in [0.4, 0.5) is 5.82 Å². The van der Waals surface area contributed by atoms with Crippen LogP contribution in [-0.4, -0.2) is 91.5 Å². The number of benzene rings is 1. The molecule has 0 aliphatic carbocycles. The quantitative estimate of drug-likeness (QED) is 0.0729. The third-order valence-corrected chi connectivity index (χ3v) is 6.16. The number of aliphatic hydroxyl groups excluding tert-OH is 1. The monoisotopic (exact) mass is 601 g/mol. The zero-order chi connectivity index (χ0) is 31.0. The lowest BCUT2D eigenvalue weighted by atomic mass is 10.2. The number of anilines is 1. The highest BCUT2D eigenvalue weighted by molar-refractivity contribution is 5.94. The lowest BCUT2D eigenvalue weighted by Gasteiger charge is -2.15. The third-order valence-electron chi connectivity index (χ3n) is 6.16. The molecule has 0 saturated carbocycles. The number of nitrogens with zero attached hydrogens (tertiary/aromatic N) is 2. The predicted octanol–water partition coefficient (Wildman–Crippen LogP) is -1.56. The minimum atomic E-state index is -0.749. The number of hydrogen-bond acceptors (Lipinski definition) is 12. The fourth-order valence-electron chi connectivity index (χ4n) is 4.03. The summed E-state index contributed by atoms with van der Waals surface area (Å²) in [6.07, 6.45) is 1.94. The van der Waals surface area contributed by atoms with Gasteiger partial charge in [-0.05, 0) is 37.5 Å². The number of amides is 2. The Kier molecular flexibility index (Phi) is 13.9. The summed E-state index contributed by atoms with van der Waals surface area (Å²) < 4.78 is 23.5. The van der Waals surface area contributed by atoms with Gasteiger partial charge >= 0.3 is 5.69 Å². The maximum absolute atomic E-state index is 12.3. The van der Waals surface area contributed by atoms with Gasteiger partial charge in [0.25, 0.3) is 5.91 Å². The first-order chi connectivity index (χ1) is 20.8. The number of carbonyl (C=O) groups is 2. The normalized spacial score (nSPS) is 16.6. The lowest BCUT2D eigenvalue weighted by Crippen LogP contribution is -2.33. The van der Waals surface area contributed by atoms with Crippen molar-refractivity contribution in [3.05, 3.63) is 52.1 Å². The van der Waals surface area contributed by atoms with Gasteiger partial charge in [0, 0.05) is 31.5 Å². The lowest BCUT2D eigenvalue weighted by molar-refractivity contribution is -0.126. The first-order valence-electron chi connectivity index (χ1n) is 13.9. The van der Waals surface area contributed by atoms with E-state index in [1.807, 2.05) is 0 Å². The molecule has 9 N–H and O–H groups in total. The SMILES string of the molecule is NCCNC(=O)c1cccc(OCC(N)OCCOCC(=O)NCC#Cc2cn([C@H]3CC[C@@H](CCO)O3)c(=O)nc2N)c1. The molecular weight excluding hydrogens is 562 g/mol. The summed E-state index contributed by atoms with van der Waals surface area (Å²) in [6.45, 7) is 0.834. The van der Waals surface area contributed by atoms with Crippen LogP contribution in [0.2, 0.25) is 0 Å². The number of rotatable bonds is 16. The Hall–Kier alpha value is -4.04. The number of aromatic nitrogens is 2. The molecule has 43 heavy (non-hydrogen) atoms. The second kappa shape index (κ2) is 17.8. The van der Waals surface area contributed by atoms with E-state index in [9.17, 15) is 14.4 Å². The average Bonchev–Trinajstić information content (AvgIpc) is 3.46. The minimum absolute atomic E-state index is 0.00788. The van der Waals surface area contributed by atoms with E-state index >= 15 is 0 Å². The van der Waals surface area contributed by atoms with Crippen LogP contribution in [0.15, 0.2) is 35.3 Å². The Bertz CT molecular complexity index is 1330. The number of aliphatic hydroxyl groups is 1. The van der Waals surface area contributed by atoms with Gasteiger partial charge in [0.1, 0.15) is 37.2 Å². The summed E-state index contributed by atoms with van der Waals surface area (Å²) in [5.74, 6) is 5.39. The highest BCUT2D eigenvalue weighted by atomic mass is 16.6. The van der Waals surface area contributed by atoms with Crippen molar-refractivity contribution in [1.82, 2.24) is 20.2 Å². The molecular formula is C28H39N7O8. The molecule has 2 amide bonds. The highest BCUT2D eigenvalue weighted by Gasteiger charge is 2.27. The van der Waals surface area contributed by atoms with Crippen molar-refractivity contribution in [3.63, 3.8) is 0 Å². The van der Waals surface area contributed by atoms with E-state index in [0.29, 0.717) is 42.8 Å². The standard InChI is InChI=1S/C28H39N7O8/c29-9-11-33-27(38)19-3-1-5-22(15-19)42-17-23(30)41-14-13-40-18-24(37)32-10-2-4-20-16-35(28(39)34-26(20)31)25-7-6-21(43-25)8-12-36/h1,3,5,15-16,21,23,25,36H,6-14,17-18,29-30H2,(H,32,37)(H,33,38)(H2,31,34,39)/t21-,23?,25+/m0/s1. The number of ether oxygens (including phenoxy) is 4. The molecule has 2 heterocycles. The van der Waals surface area contributed by atoms with E-state index in [-0.39, 0.29) is 63.3 Å². The van der Waals surface area contributed by atoms with Gasteiger partial charge in [0.15, 0.2) is 0 Å². The smallest absolute Gasteiger partial charge is 0.351 e. The summed E-state index contributed by atoms with van der Waals surface area (Å²) in [4.78, 5) is 40.2. The van der Waals surface area contributed by atoms with Gasteiger partial charge < -0.3 is 51.9 Å². The van der Waals surface area contributed by atoms with Crippen LogP contribution in [0.25, 0.3) is 0 Å². The largest absolute Gasteiger partial charge is 0.489 e. The van der Waals surface area contributed by atoms with Crippen molar-refractivity contribution in [1.29, 1.82) is 0 Å². The predicted molar refractivity (Wildman–Crippen MR) is 156 cm³/mol. The van der Waals surface area contributed by atoms with Crippen LogP contribution in [0.5, 0.6) is 5.75 Å². The molecule has 1 saturated heterocycles. The third kappa shape index (κ3) is 11.3. The van der Waals surface area contributed by atoms with E-state index in [2.05, 4.69) is 27.5 Å². The summed E-state index contributed by atoms with van der Waals surface area (Å²) in [5.41, 5.74) is 17.4. The van der Waals surface area contributed by atoms with Crippen LogP contribution >= 0.6 is 0 Å². The fourth-order valence-corrected chi connectivity index (χ4v) is 4.03. The van der Waals surface area contributed by atoms with Crippen molar-refractivity contribution in [2.75, 3.05) is 58.4 Å². The molecule has 3 atom stereocenters. The zero-order valence-corrected chi connectivity index (χ0v) is 23.8. The van der Waals surface area contributed by atoms with Crippen molar-refractivity contribution in [3.8, 4) is 17.6 Å². The topological polar surface area (TPSA) is 228 Å². The van der Waals surface area contributed by atoms with Crippen molar-refractivity contribution >= 4 is 17.6 Å². The van der Waals surface area contributed by atoms with Gasteiger partial charge in [-0.15, -0.1) is 0 Å². The Balaban J connectivity index is 1.31. The summed E-state index contributed by atoms with van der Waals surface area (Å²) in [6, 6.07) is 6.64. The molecule has 0 bridgehead atoms. The van der Waals surface area contributed by atoms with Crippen LogP contribution in [0.1, 0.15) is 41.4 Å². The minimum Gasteiger partial charge on any atom is -0.489 e. The Morgan fingerprint density at radius 2 is 2.09 bits per heavy atom. The number of nitrogens with one attached hydrogen (secondary N) is 2. The summed E-state index contributed by atoms with van der Waals surface area (Å²) in [7, 11) is 0. The van der Waals surface area contributed by atoms with E-state index in [0.717, 1.165) is 6.42 Å². The molecule has 0 spiro atoms. The van der Waals surface area contributed by atoms with Gasteiger partial charge in [-0.1, -0.05) is 17.9 Å². The molecule has 1 aromatic carbocycles. The molecule has 3 rings (SSSR count). The van der Waals surface area contributed by atoms with Gasteiger partial charge in [-0.25, -0.2) is 4.79 Å². The van der Waals surface area contributed by atoms with Gasteiger partial charge in [0.2, 0.25) is 5.91 Å². The molecule has 1 aromatic heterocycles. The molecule has 15 nitrogen and oxygen atoms in total.